The van der Waals surface area contributed by atoms with Crippen LogP contribution in [0.1, 0.15) is 25.5 Å². The molecule has 1 unspecified atom stereocenters. The highest BCUT2D eigenvalue weighted by molar-refractivity contribution is 7.90. The van der Waals surface area contributed by atoms with Crippen LogP contribution in [-0.4, -0.2) is 31.9 Å². The summed E-state index contributed by atoms with van der Waals surface area (Å²) in [4.78, 5) is 10.7. The number of sulfonamides is 1. The Kier molecular flexibility index (Phi) is 4.90. The zero-order chi connectivity index (χ0) is 14.6. The summed E-state index contributed by atoms with van der Waals surface area (Å²) in [5, 5.41) is 7.24. The SMILES string of the molecule is COc1ccc([C@@H](C)NS(=O)(=O)C(C)C(=O)O)cc1. The molecule has 1 aromatic rings. The van der Waals surface area contributed by atoms with Gasteiger partial charge in [-0.2, -0.15) is 0 Å². The highest BCUT2D eigenvalue weighted by Crippen LogP contribution is 2.18. The standard InChI is InChI=1S/C12H17NO5S/c1-8(10-4-6-11(18-3)7-5-10)13-19(16,17)9(2)12(14)15/h4-9,13H,1-3H3,(H,14,15)/t8-,9?/m1/s1. The number of carbonyl (C=O) groups is 1. The average molecular weight is 287 g/mol. The highest BCUT2D eigenvalue weighted by atomic mass is 32.2. The van der Waals surface area contributed by atoms with E-state index in [1.165, 1.54) is 7.11 Å². The molecule has 0 aliphatic heterocycles. The molecular weight excluding hydrogens is 270 g/mol. The number of hydrogen-bond donors (Lipinski definition) is 2. The smallest absolute Gasteiger partial charge is 0.323 e. The zero-order valence-corrected chi connectivity index (χ0v) is 11.8. The molecule has 0 fully saturated rings. The third-order valence-corrected chi connectivity index (χ3v) is 4.58. The third-order valence-electron chi connectivity index (χ3n) is 2.77. The quantitative estimate of drug-likeness (QED) is 0.818. The molecule has 0 amide bonds. The Morgan fingerprint density at radius 1 is 1.26 bits per heavy atom. The molecule has 2 N–H and O–H groups in total. The second kappa shape index (κ2) is 6.03. The summed E-state index contributed by atoms with van der Waals surface area (Å²) >= 11 is 0. The Morgan fingerprint density at radius 3 is 2.21 bits per heavy atom. The normalized spacial score (nSPS) is 14.7. The van der Waals surface area contributed by atoms with Gasteiger partial charge in [0.2, 0.25) is 10.0 Å². The summed E-state index contributed by atoms with van der Waals surface area (Å²) in [6.07, 6.45) is 0. The second-order valence-electron chi connectivity index (χ2n) is 4.14. The van der Waals surface area contributed by atoms with E-state index in [4.69, 9.17) is 9.84 Å². The molecular formula is C12H17NO5S. The van der Waals surface area contributed by atoms with E-state index in [2.05, 4.69) is 4.72 Å². The van der Waals surface area contributed by atoms with Crippen LogP contribution in [0, 0.1) is 0 Å². The molecule has 19 heavy (non-hydrogen) atoms. The number of carboxylic acids is 1. The van der Waals surface area contributed by atoms with Crippen molar-refractivity contribution in [1.82, 2.24) is 4.72 Å². The summed E-state index contributed by atoms with van der Waals surface area (Å²) in [7, 11) is -2.37. The molecule has 6 nitrogen and oxygen atoms in total. The summed E-state index contributed by atoms with van der Waals surface area (Å²) in [5.41, 5.74) is 0.724. The van der Waals surface area contributed by atoms with E-state index in [-0.39, 0.29) is 0 Å². The molecule has 0 spiro atoms. The first-order valence-corrected chi connectivity index (χ1v) is 7.20. The predicted octanol–water partition coefficient (Wildman–Crippen LogP) is 1.15. The second-order valence-corrected chi connectivity index (χ2v) is 6.17. The van der Waals surface area contributed by atoms with Crippen LogP contribution in [0.4, 0.5) is 0 Å². The van der Waals surface area contributed by atoms with Gasteiger partial charge < -0.3 is 9.84 Å². The number of hydrogen-bond acceptors (Lipinski definition) is 4. The molecule has 0 aliphatic rings. The molecule has 0 heterocycles. The van der Waals surface area contributed by atoms with E-state index >= 15 is 0 Å². The number of rotatable bonds is 6. The lowest BCUT2D eigenvalue weighted by Gasteiger charge is -2.17. The van der Waals surface area contributed by atoms with Gasteiger partial charge in [0.05, 0.1) is 7.11 Å². The van der Waals surface area contributed by atoms with Gasteiger partial charge in [-0.3, -0.25) is 4.79 Å². The fourth-order valence-corrected chi connectivity index (χ4v) is 2.54. The van der Waals surface area contributed by atoms with E-state index in [1.54, 1.807) is 31.2 Å². The lowest BCUT2D eigenvalue weighted by molar-refractivity contribution is -0.136. The molecule has 0 saturated heterocycles. The van der Waals surface area contributed by atoms with Crippen molar-refractivity contribution in [3.8, 4) is 5.75 Å². The molecule has 1 rings (SSSR count). The van der Waals surface area contributed by atoms with Crippen LogP contribution >= 0.6 is 0 Å². The van der Waals surface area contributed by atoms with Gasteiger partial charge in [-0.15, -0.1) is 0 Å². The first kappa shape index (κ1) is 15.5. The van der Waals surface area contributed by atoms with Crippen molar-refractivity contribution in [3.05, 3.63) is 29.8 Å². The van der Waals surface area contributed by atoms with E-state index in [9.17, 15) is 13.2 Å². The van der Waals surface area contributed by atoms with Crippen LogP contribution in [-0.2, 0) is 14.8 Å². The van der Waals surface area contributed by atoms with Gasteiger partial charge in [-0.25, -0.2) is 13.1 Å². The number of carboxylic acid groups (broad SMARTS) is 1. The maximum absolute atomic E-state index is 11.8. The van der Waals surface area contributed by atoms with Crippen molar-refractivity contribution in [2.75, 3.05) is 7.11 Å². The van der Waals surface area contributed by atoms with E-state index in [0.717, 1.165) is 12.5 Å². The lowest BCUT2D eigenvalue weighted by atomic mass is 10.1. The lowest BCUT2D eigenvalue weighted by Crippen LogP contribution is -2.38. The van der Waals surface area contributed by atoms with Crippen molar-refractivity contribution in [2.45, 2.75) is 25.1 Å². The van der Waals surface area contributed by atoms with E-state index < -0.39 is 27.3 Å². The Bertz CT molecular complexity index is 538. The third kappa shape index (κ3) is 3.93. The van der Waals surface area contributed by atoms with E-state index in [1.807, 2.05) is 0 Å². The number of aliphatic carboxylic acids is 1. The molecule has 0 aliphatic carbocycles. The van der Waals surface area contributed by atoms with Gasteiger partial charge in [0, 0.05) is 6.04 Å². The van der Waals surface area contributed by atoms with Gasteiger partial charge in [-0.1, -0.05) is 12.1 Å². The zero-order valence-electron chi connectivity index (χ0n) is 11.0. The maximum Gasteiger partial charge on any atom is 0.323 e. The van der Waals surface area contributed by atoms with Crippen LogP contribution in [0.25, 0.3) is 0 Å². The van der Waals surface area contributed by atoms with Crippen molar-refractivity contribution in [1.29, 1.82) is 0 Å². The minimum atomic E-state index is -3.90. The van der Waals surface area contributed by atoms with Crippen molar-refractivity contribution in [2.24, 2.45) is 0 Å². The first-order chi connectivity index (χ1) is 8.77. The fourth-order valence-electron chi connectivity index (χ4n) is 1.44. The Labute approximate surface area is 112 Å². The van der Waals surface area contributed by atoms with Crippen molar-refractivity contribution < 1.29 is 23.1 Å². The van der Waals surface area contributed by atoms with Crippen LogP contribution in [0.3, 0.4) is 0 Å². The monoisotopic (exact) mass is 287 g/mol. The van der Waals surface area contributed by atoms with Crippen LogP contribution in [0.5, 0.6) is 5.75 Å². The van der Waals surface area contributed by atoms with E-state index in [0.29, 0.717) is 5.75 Å². The molecule has 0 bridgehead atoms. The molecule has 7 heteroatoms. The number of methoxy groups -OCH3 is 1. The predicted molar refractivity (Wildman–Crippen MR) is 70.6 cm³/mol. The minimum Gasteiger partial charge on any atom is -0.497 e. The van der Waals surface area contributed by atoms with Crippen LogP contribution in [0.2, 0.25) is 0 Å². The molecule has 106 valence electrons. The topological polar surface area (TPSA) is 92.7 Å². The Balaban J connectivity index is 2.84. The Morgan fingerprint density at radius 2 is 1.79 bits per heavy atom. The number of ether oxygens (including phenoxy) is 1. The summed E-state index contributed by atoms with van der Waals surface area (Å²) in [6, 6.07) is 6.34. The van der Waals surface area contributed by atoms with Crippen molar-refractivity contribution in [3.63, 3.8) is 0 Å². The fraction of sp³-hybridized carbons (Fsp3) is 0.417. The summed E-state index contributed by atoms with van der Waals surface area (Å²) < 4.78 is 30.9. The molecule has 0 saturated carbocycles. The van der Waals surface area contributed by atoms with Gasteiger partial charge in [0.1, 0.15) is 5.75 Å². The van der Waals surface area contributed by atoms with Gasteiger partial charge in [0.15, 0.2) is 5.25 Å². The highest BCUT2D eigenvalue weighted by Gasteiger charge is 2.29. The Hall–Kier alpha value is -1.60. The first-order valence-electron chi connectivity index (χ1n) is 5.66. The van der Waals surface area contributed by atoms with Gasteiger partial charge in [-0.05, 0) is 31.5 Å². The minimum absolute atomic E-state index is 0.516. The van der Waals surface area contributed by atoms with Gasteiger partial charge in [0.25, 0.3) is 0 Å². The van der Waals surface area contributed by atoms with Crippen LogP contribution < -0.4 is 9.46 Å². The summed E-state index contributed by atoms with van der Waals surface area (Å²) in [6.45, 7) is 2.78. The molecule has 1 aromatic carbocycles. The number of benzene rings is 1. The molecule has 0 aromatic heterocycles. The summed E-state index contributed by atoms with van der Waals surface area (Å²) in [5.74, 6) is -0.716. The van der Waals surface area contributed by atoms with Crippen LogP contribution in [0.15, 0.2) is 24.3 Å². The maximum atomic E-state index is 11.8. The van der Waals surface area contributed by atoms with Gasteiger partial charge >= 0.3 is 5.97 Å². The largest absolute Gasteiger partial charge is 0.497 e. The van der Waals surface area contributed by atoms with Crippen molar-refractivity contribution >= 4 is 16.0 Å². The molecule has 0 radical (unpaired) electrons. The molecule has 2 atom stereocenters. The average Bonchev–Trinajstić information content (AvgIpc) is 2.37. The number of nitrogens with one attached hydrogen (secondary N) is 1.